The number of benzene rings is 2. The summed E-state index contributed by atoms with van der Waals surface area (Å²) in [5.74, 6) is 8.18. The molecule has 0 aliphatic rings. The SMILES string of the molecule is COc1ccc(-c2nnc(SCc3ccccc3Cl)n2N)cc1. The van der Waals surface area contributed by atoms with E-state index in [9.17, 15) is 0 Å². The van der Waals surface area contributed by atoms with Gasteiger partial charge in [-0.3, -0.25) is 0 Å². The Hall–Kier alpha value is -2.18. The van der Waals surface area contributed by atoms with Gasteiger partial charge in [0.25, 0.3) is 0 Å². The summed E-state index contributed by atoms with van der Waals surface area (Å²) in [6.07, 6.45) is 0. The highest BCUT2D eigenvalue weighted by Crippen LogP contribution is 2.27. The molecule has 0 aliphatic carbocycles. The molecule has 0 atom stereocenters. The minimum atomic E-state index is 0.606. The first-order valence-electron chi connectivity index (χ1n) is 6.90. The molecule has 0 saturated heterocycles. The van der Waals surface area contributed by atoms with E-state index in [1.807, 2.05) is 48.5 Å². The smallest absolute Gasteiger partial charge is 0.210 e. The highest BCUT2D eigenvalue weighted by molar-refractivity contribution is 7.98. The van der Waals surface area contributed by atoms with Crippen molar-refractivity contribution in [1.82, 2.24) is 14.9 Å². The number of methoxy groups -OCH3 is 1. The van der Waals surface area contributed by atoms with E-state index < -0.39 is 0 Å². The summed E-state index contributed by atoms with van der Waals surface area (Å²) in [6, 6.07) is 15.2. The van der Waals surface area contributed by atoms with E-state index in [-0.39, 0.29) is 0 Å². The summed E-state index contributed by atoms with van der Waals surface area (Å²) in [7, 11) is 1.63. The van der Waals surface area contributed by atoms with Gasteiger partial charge < -0.3 is 10.6 Å². The van der Waals surface area contributed by atoms with Gasteiger partial charge in [0, 0.05) is 16.3 Å². The second-order valence-corrected chi connectivity index (χ2v) is 6.13. The lowest BCUT2D eigenvalue weighted by atomic mass is 10.2. The van der Waals surface area contributed by atoms with Crippen molar-refractivity contribution in [3.8, 4) is 17.1 Å². The van der Waals surface area contributed by atoms with Crippen LogP contribution in [0.15, 0.2) is 53.7 Å². The Bertz CT molecular complexity index is 804. The Morgan fingerprint density at radius 2 is 1.87 bits per heavy atom. The Morgan fingerprint density at radius 3 is 2.57 bits per heavy atom. The molecule has 1 heterocycles. The second kappa shape index (κ2) is 6.93. The molecular weight excluding hydrogens is 332 g/mol. The first-order valence-corrected chi connectivity index (χ1v) is 8.26. The molecule has 2 N–H and O–H groups in total. The third kappa shape index (κ3) is 3.43. The topological polar surface area (TPSA) is 66.0 Å². The van der Waals surface area contributed by atoms with Crippen LogP contribution < -0.4 is 10.6 Å². The van der Waals surface area contributed by atoms with Crippen LogP contribution in [-0.4, -0.2) is 22.0 Å². The molecule has 0 amide bonds. The van der Waals surface area contributed by atoms with E-state index in [1.165, 1.54) is 16.4 Å². The number of ether oxygens (including phenoxy) is 1. The number of nitrogen functional groups attached to an aromatic ring is 1. The third-order valence-electron chi connectivity index (χ3n) is 3.33. The van der Waals surface area contributed by atoms with Crippen LogP contribution in [0.3, 0.4) is 0 Å². The molecule has 118 valence electrons. The Kier molecular flexibility index (Phi) is 4.73. The standard InChI is InChI=1S/C16H15ClN4OS/c1-22-13-8-6-11(7-9-13)15-19-20-16(21(15)18)23-10-12-4-2-3-5-14(12)17/h2-9H,10,18H2,1H3. The van der Waals surface area contributed by atoms with E-state index in [2.05, 4.69) is 10.2 Å². The molecule has 0 spiro atoms. The Morgan fingerprint density at radius 1 is 1.13 bits per heavy atom. The maximum absolute atomic E-state index is 6.16. The minimum absolute atomic E-state index is 0.606. The van der Waals surface area contributed by atoms with Crippen molar-refractivity contribution < 1.29 is 4.74 Å². The van der Waals surface area contributed by atoms with Crippen LogP contribution in [0.5, 0.6) is 5.75 Å². The predicted molar refractivity (Wildman–Crippen MR) is 93.2 cm³/mol. The highest BCUT2D eigenvalue weighted by Gasteiger charge is 2.13. The summed E-state index contributed by atoms with van der Waals surface area (Å²) in [6.45, 7) is 0. The molecule has 2 aromatic carbocycles. The molecule has 5 nitrogen and oxygen atoms in total. The van der Waals surface area contributed by atoms with Crippen molar-refractivity contribution in [2.45, 2.75) is 10.9 Å². The molecule has 0 radical (unpaired) electrons. The number of nitrogens with zero attached hydrogens (tertiary/aromatic N) is 3. The lowest BCUT2D eigenvalue weighted by molar-refractivity contribution is 0.415. The maximum atomic E-state index is 6.16. The van der Waals surface area contributed by atoms with Crippen LogP contribution in [-0.2, 0) is 5.75 Å². The number of thioether (sulfide) groups is 1. The molecule has 0 bridgehead atoms. The van der Waals surface area contributed by atoms with Crippen LogP contribution in [0.1, 0.15) is 5.56 Å². The van der Waals surface area contributed by atoms with Crippen molar-refractivity contribution in [3.05, 3.63) is 59.1 Å². The van der Waals surface area contributed by atoms with Crippen LogP contribution in [0.25, 0.3) is 11.4 Å². The van der Waals surface area contributed by atoms with Crippen LogP contribution in [0, 0.1) is 0 Å². The Balaban J connectivity index is 1.77. The fraction of sp³-hybridized carbons (Fsp3) is 0.125. The van der Waals surface area contributed by atoms with Crippen LogP contribution in [0.4, 0.5) is 0 Å². The largest absolute Gasteiger partial charge is 0.497 e. The molecule has 3 aromatic rings. The normalized spacial score (nSPS) is 10.7. The zero-order valence-corrected chi connectivity index (χ0v) is 14.0. The van der Waals surface area contributed by atoms with Crippen molar-refractivity contribution in [3.63, 3.8) is 0 Å². The predicted octanol–water partition coefficient (Wildman–Crippen LogP) is 3.61. The lowest BCUT2D eigenvalue weighted by Crippen LogP contribution is -2.11. The highest BCUT2D eigenvalue weighted by atomic mass is 35.5. The van der Waals surface area contributed by atoms with Gasteiger partial charge in [-0.2, -0.15) is 0 Å². The summed E-state index contributed by atoms with van der Waals surface area (Å²) in [5, 5.41) is 9.70. The summed E-state index contributed by atoms with van der Waals surface area (Å²) in [5.41, 5.74) is 1.92. The molecule has 0 unspecified atom stereocenters. The number of halogens is 1. The van der Waals surface area contributed by atoms with Gasteiger partial charge in [0.1, 0.15) is 5.75 Å². The zero-order chi connectivity index (χ0) is 16.2. The van der Waals surface area contributed by atoms with Gasteiger partial charge in [-0.1, -0.05) is 41.6 Å². The monoisotopic (exact) mass is 346 g/mol. The maximum Gasteiger partial charge on any atom is 0.210 e. The molecule has 1 aromatic heterocycles. The van der Waals surface area contributed by atoms with E-state index in [0.717, 1.165) is 21.9 Å². The van der Waals surface area contributed by atoms with E-state index in [1.54, 1.807) is 7.11 Å². The van der Waals surface area contributed by atoms with E-state index >= 15 is 0 Å². The Labute approximate surface area is 143 Å². The van der Waals surface area contributed by atoms with Gasteiger partial charge in [-0.05, 0) is 35.9 Å². The molecule has 0 aliphatic heterocycles. The lowest BCUT2D eigenvalue weighted by Gasteiger charge is -2.05. The van der Waals surface area contributed by atoms with Crippen molar-refractivity contribution in [1.29, 1.82) is 0 Å². The number of aromatic nitrogens is 3. The average Bonchev–Trinajstić information content (AvgIpc) is 2.95. The fourth-order valence-corrected chi connectivity index (χ4v) is 3.21. The van der Waals surface area contributed by atoms with Gasteiger partial charge in [-0.15, -0.1) is 10.2 Å². The van der Waals surface area contributed by atoms with E-state index in [4.69, 9.17) is 22.2 Å². The molecule has 7 heteroatoms. The summed E-state index contributed by atoms with van der Waals surface area (Å²) >= 11 is 7.65. The number of nitrogens with two attached hydrogens (primary N) is 1. The first-order chi connectivity index (χ1) is 11.2. The molecule has 3 rings (SSSR count). The van der Waals surface area contributed by atoms with E-state index in [0.29, 0.717) is 16.7 Å². The summed E-state index contributed by atoms with van der Waals surface area (Å²) in [4.78, 5) is 0. The third-order valence-corrected chi connectivity index (χ3v) is 4.69. The van der Waals surface area contributed by atoms with Crippen molar-refractivity contribution in [2.75, 3.05) is 13.0 Å². The first kappa shape index (κ1) is 15.7. The zero-order valence-electron chi connectivity index (χ0n) is 12.4. The number of rotatable bonds is 5. The summed E-state index contributed by atoms with van der Waals surface area (Å²) < 4.78 is 6.64. The molecule has 23 heavy (non-hydrogen) atoms. The van der Waals surface area contributed by atoms with Crippen LogP contribution >= 0.6 is 23.4 Å². The average molecular weight is 347 g/mol. The number of hydrogen-bond donors (Lipinski definition) is 1. The quantitative estimate of drug-likeness (QED) is 0.564. The molecule has 0 saturated carbocycles. The van der Waals surface area contributed by atoms with Crippen molar-refractivity contribution in [2.24, 2.45) is 0 Å². The number of hydrogen-bond acceptors (Lipinski definition) is 5. The molecular formula is C16H15ClN4OS. The van der Waals surface area contributed by atoms with Crippen LogP contribution in [0.2, 0.25) is 5.02 Å². The van der Waals surface area contributed by atoms with Gasteiger partial charge in [0.05, 0.1) is 7.11 Å². The second-order valence-electron chi connectivity index (χ2n) is 4.78. The van der Waals surface area contributed by atoms with Gasteiger partial charge in [0.15, 0.2) is 5.82 Å². The molecule has 0 fully saturated rings. The minimum Gasteiger partial charge on any atom is -0.497 e. The fourth-order valence-electron chi connectivity index (χ4n) is 2.07. The van der Waals surface area contributed by atoms with Gasteiger partial charge >= 0.3 is 0 Å². The van der Waals surface area contributed by atoms with Gasteiger partial charge in [0.2, 0.25) is 5.16 Å². The van der Waals surface area contributed by atoms with Crippen molar-refractivity contribution >= 4 is 23.4 Å². The van der Waals surface area contributed by atoms with Gasteiger partial charge in [-0.25, -0.2) is 4.68 Å².